The minimum atomic E-state index is -0.609. The number of phenolic OH excluding ortho intramolecular Hbond substituents is 1. The number of halogens is 1. The lowest BCUT2D eigenvalue weighted by Crippen LogP contribution is -1.75. The molecule has 9 heavy (non-hydrogen) atoms. The highest BCUT2D eigenvalue weighted by Gasteiger charge is 1.96. The maximum Gasteiger partial charge on any atom is 0.164 e. The molecule has 0 aromatic heterocycles. The first-order valence-corrected chi connectivity index (χ1v) is 2.50. The highest BCUT2D eigenvalue weighted by Crippen LogP contribution is 2.15. The van der Waals surface area contributed by atoms with Crippen LogP contribution in [0.25, 0.3) is 0 Å². The highest BCUT2D eigenvalue weighted by molar-refractivity contribution is 5.30. The van der Waals surface area contributed by atoms with E-state index in [0.717, 1.165) is 0 Å². The summed E-state index contributed by atoms with van der Waals surface area (Å²) >= 11 is 0. The van der Waals surface area contributed by atoms with E-state index in [9.17, 15) is 4.39 Å². The van der Waals surface area contributed by atoms with E-state index in [4.69, 9.17) is 5.11 Å². The van der Waals surface area contributed by atoms with Crippen LogP contribution < -0.4 is 0 Å². The Balaban J connectivity index is 3.17. The van der Waals surface area contributed by atoms with Gasteiger partial charge in [0, 0.05) is 0 Å². The molecule has 0 saturated heterocycles. The van der Waals surface area contributed by atoms with Crippen molar-refractivity contribution in [3.63, 3.8) is 0 Å². The maximum atomic E-state index is 12.2. The van der Waals surface area contributed by atoms with Gasteiger partial charge in [-0.25, -0.2) is 4.39 Å². The summed E-state index contributed by atoms with van der Waals surface area (Å²) in [6, 6.07) is 3.95. The molecule has 0 unspecified atom stereocenters. The minimum absolute atomic E-state index is 0.345. The van der Waals surface area contributed by atoms with E-state index >= 15 is 0 Å². The molecular formula is C7H6FO. The van der Waals surface area contributed by atoms with Gasteiger partial charge in [-0.05, 0) is 24.6 Å². The number of benzene rings is 1. The molecule has 1 aromatic carbocycles. The third-order valence-electron chi connectivity index (χ3n) is 1.01. The Morgan fingerprint density at radius 3 is 2.56 bits per heavy atom. The van der Waals surface area contributed by atoms with Crippen molar-refractivity contribution < 1.29 is 9.50 Å². The fourth-order valence-corrected chi connectivity index (χ4v) is 0.558. The Labute approximate surface area is 52.8 Å². The molecule has 0 aliphatic heterocycles. The van der Waals surface area contributed by atoms with Gasteiger partial charge in [0.15, 0.2) is 11.6 Å². The fourth-order valence-electron chi connectivity index (χ4n) is 0.558. The predicted molar refractivity (Wildman–Crippen MR) is 32.5 cm³/mol. The summed E-state index contributed by atoms with van der Waals surface area (Å²) < 4.78 is 12.2. The second-order valence-corrected chi connectivity index (χ2v) is 1.79. The first kappa shape index (κ1) is 6.08. The van der Waals surface area contributed by atoms with Crippen LogP contribution >= 0.6 is 0 Å². The van der Waals surface area contributed by atoms with Gasteiger partial charge in [-0.2, -0.15) is 0 Å². The monoisotopic (exact) mass is 125 g/mol. The molecule has 0 spiro atoms. The Morgan fingerprint density at radius 1 is 1.44 bits per heavy atom. The van der Waals surface area contributed by atoms with Crippen molar-refractivity contribution in [1.29, 1.82) is 0 Å². The molecule has 1 N–H and O–H groups in total. The van der Waals surface area contributed by atoms with E-state index in [1.807, 2.05) is 0 Å². The second kappa shape index (κ2) is 2.05. The number of rotatable bonds is 0. The molecule has 0 saturated carbocycles. The van der Waals surface area contributed by atoms with Crippen molar-refractivity contribution in [2.45, 2.75) is 0 Å². The van der Waals surface area contributed by atoms with Gasteiger partial charge < -0.3 is 5.11 Å². The van der Waals surface area contributed by atoms with Crippen molar-refractivity contribution in [3.8, 4) is 5.75 Å². The van der Waals surface area contributed by atoms with Crippen molar-refractivity contribution in [2.75, 3.05) is 0 Å². The Kier molecular flexibility index (Phi) is 1.39. The number of hydrogen-bond donors (Lipinski definition) is 1. The van der Waals surface area contributed by atoms with E-state index in [1.54, 1.807) is 0 Å². The molecule has 1 aromatic rings. The smallest absolute Gasteiger partial charge is 0.164 e. The second-order valence-electron chi connectivity index (χ2n) is 1.79. The average Bonchev–Trinajstić information content (AvgIpc) is 1.80. The molecule has 0 atom stereocenters. The first-order valence-electron chi connectivity index (χ1n) is 2.50. The molecule has 0 amide bonds. The third kappa shape index (κ3) is 1.19. The van der Waals surface area contributed by atoms with E-state index in [0.29, 0.717) is 5.56 Å². The van der Waals surface area contributed by atoms with Crippen molar-refractivity contribution in [1.82, 2.24) is 0 Å². The zero-order chi connectivity index (χ0) is 6.85. The molecule has 0 fully saturated rings. The van der Waals surface area contributed by atoms with Crippen LogP contribution in [0.5, 0.6) is 5.75 Å². The van der Waals surface area contributed by atoms with Crippen molar-refractivity contribution in [2.24, 2.45) is 0 Å². The number of hydrogen-bond acceptors (Lipinski definition) is 1. The van der Waals surface area contributed by atoms with Gasteiger partial charge in [0.2, 0.25) is 0 Å². The van der Waals surface area contributed by atoms with Gasteiger partial charge in [-0.1, -0.05) is 6.07 Å². The summed E-state index contributed by atoms with van der Waals surface area (Å²) in [6.45, 7) is 3.50. The lowest BCUT2D eigenvalue weighted by atomic mass is 10.2. The van der Waals surface area contributed by atoms with Gasteiger partial charge in [-0.3, -0.25) is 0 Å². The Morgan fingerprint density at radius 2 is 2.11 bits per heavy atom. The van der Waals surface area contributed by atoms with Crippen LogP contribution in [0.15, 0.2) is 18.2 Å². The fraction of sp³-hybridized carbons (Fsp3) is 0. The van der Waals surface area contributed by atoms with Crippen LogP contribution in [-0.4, -0.2) is 5.11 Å². The summed E-state index contributed by atoms with van der Waals surface area (Å²) in [4.78, 5) is 0. The maximum absolute atomic E-state index is 12.2. The molecule has 1 radical (unpaired) electrons. The molecule has 0 bridgehead atoms. The van der Waals surface area contributed by atoms with Crippen LogP contribution in [0.4, 0.5) is 4.39 Å². The molecule has 47 valence electrons. The van der Waals surface area contributed by atoms with Crippen LogP contribution in [-0.2, 0) is 0 Å². The van der Waals surface area contributed by atoms with Crippen LogP contribution in [0.1, 0.15) is 5.56 Å². The zero-order valence-electron chi connectivity index (χ0n) is 4.76. The molecule has 0 aliphatic rings. The largest absolute Gasteiger partial charge is 0.505 e. The Bertz CT molecular complexity index is 220. The Hall–Kier alpha value is -1.05. The van der Waals surface area contributed by atoms with Crippen LogP contribution in [0.3, 0.4) is 0 Å². The first-order chi connectivity index (χ1) is 4.20. The molecule has 2 heteroatoms. The van der Waals surface area contributed by atoms with Gasteiger partial charge >= 0.3 is 0 Å². The van der Waals surface area contributed by atoms with Gasteiger partial charge in [-0.15, -0.1) is 0 Å². The van der Waals surface area contributed by atoms with Crippen LogP contribution in [0.2, 0.25) is 0 Å². The number of phenols is 1. The topological polar surface area (TPSA) is 20.2 Å². The van der Waals surface area contributed by atoms with Gasteiger partial charge in [0.05, 0.1) is 0 Å². The molecule has 1 rings (SSSR count). The van der Waals surface area contributed by atoms with E-state index in [-0.39, 0.29) is 5.75 Å². The highest BCUT2D eigenvalue weighted by atomic mass is 19.1. The normalized spacial score (nSPS) is 9.56. The van der Waals surface area contributed by atoms with Crippen molar-refractivity contribution >= 4 is 0 Å². The standard InChI is InChI=1S/C7H6FO/c1-5-2-3-6(8)7(9)4-5/h2-4,9H,1H2. The third-order valence-corrected chi connectivity index (χ3v) is 1.01. The summed E-state index contributed by atoms with van der Waals surface area (Å²) in [5.41, 5.74) is 0.605. The lowest BCUT2D eigenvalue weighted by molar-refractivity contribution is 0.432. The SMILES string of the molecule is [CH2]c1ccc(F)c(O)c1. The molecule has 0 heterocycles. The summed E-state index contributed by atoms with van der Waals surface area (Å²) in [7, 11) is 0. The summed E-state index contributed by atoms with van der Waals surface area (Å²) in [5.74, 6) is -0.954. The zero-order valence-corrected chi connectivity index (χ0v) is 4.76. The van der Waals surface area contributed by atoms with Crippen LogP contribution in [0, 0.1) is 12.7 Å². The van der Waals surface area contributed by atoms with Gasteiger partial charge in [0.25, 0.3) is 0 Å². The summed E-state index contributed by atoms with van der Waals surface area (Å²) in [6.07, 6.45) is 0. The lowest BCUT2D eigenvalue weighted by Gasteiger charge is -1.93. The van der Waals surface area contributed by atoms with E-state index in [1.165, 1.54) is 18.2 Å². The minimum Gasteiger partial charge on any atom is -0.505 e. The molecule has 1 nitrogen and oxygen atoms in total. The van der Waals surface area contributed by atoms with Crippen molar-refractivity contribution in [3.05, 3.63) is 36.5 Å². The quantitative estimate of drug-likeness (QED) is 0.559. The van der Waals surface area contributed by atoms with Gasteiger partial charge in [0.1, 0.15) is 0 Å². The van der Waals surface area contributed by atoms with E-state index < -0.39 is 5.82 Å². The average molecular weight is 125 g/mol. The predicted octanol–water partition coefficient (Wildman–Crippen LogP) is 1.71. The van der Waals surface area contributed by atoms with E-state index in [2.05, 4.69) is 6.92 Å². The molecular weight excluding hydrogens is 119 g/mol. The molecule has 0 aliphatic carbocycles. The summed E-state index contributed by atoms with van der Waals surface area (Å²) in [5, 5.41) is 8.69. The number of aromatic hydroxyl groups is 1.